The second-order valence-electron chi connectivity index (χ2n) is 11.4. The number of carbonyl (C=O) groups is 2. The molecule has 0 aliphatic rings. The molecule has 5 aromatic rings. The quantitative estimate of drug-likeness (QED) is 0.171. The molecule has 260 valence electrons. The second kappa shape index (κ2) is 20.4. The number of nitrogens with zero attached hydrogens (tertiary/aromatic N) is 5. The van der Waals surface area contributed by atoms with Crippen LogP contribution in [0.15, 0.2) is 91.3 Å². The minimum absolute atomic E-state index is 0.223. The molecule has 2 heterocycles. The van der Waals surface area contributed by atoms with Gasteiger partial charge in [0.15, 0.2) is 0 Å². The fraction of sp³-hybridized carbons (Fsp3) is 0.237. The number of hydrogen-bond acceptors (Lipinski definition) is 6. The Hall–Kier alpha value is -4.14. The zero-order valence-corrected chi connectivity index (χ0v) is 33.2. The molecule has 2 amide bonds. The van der Waals surface area contributed by atoms with Crippen molar-refractivity contribution in [2.45, 2.75) is 34.6 Å². The number of pyridine rings is 2. The average molecular weight is 879 g/mol. The van der Waals surface area contributed by atoms with E-state index < -0.39 is 0 Å². The van der Waals surface area contributed by atoms with Crippen LogP contribution in [0.2, 0.25) is 5.02 Å². The standard InChI is InChI=1S/C14H14ClN3O.C14H15N3O.C10H15.ClH.Ir/c1-18(2)11-7-5-10(6-8-11)17-14(19)13-12(15)4-3-9-16-13;1-17(2)12-8-6-11(7-9-12)16-14(18)13-5-3-4-10-15-13;1-6-7(2)9(4)10(5)8(6)3;;/h3-9H,1-2H3,(H,17,19);3-10H,1-2H3,(H,16,18);1-5H3;1H;/q;;-1;;+3/p-2. The SMILES string of the molecule is CN(C)c1ccc(NC(=O)c2ncccc2Cl)cc1.CN(C)c1ccc([N-]C(=O)c2ccccn2)cc1.Cc1c(C)c(C)[c-](C)c1C.[Cl][Ir+2]. The van der Waals surface area contributed by atoms with Crippen LogP contribution >= 0.6 is 21.2 Å². The molecule has 0 spiro atoms. The van der Waals surface area contributed by atoms with Crippen LogP contribution in [-0.4, -0.2) is 50.0 Å². The van der Waals surface area contributed by atoms with Crippen molar-refractivity contribution in [2.75, 3.05) is 43.3 Å². The van der Waals surface area contributed by atoms with Crippen LogP contribution in [0.25, 0.3) is 5.32 Å². The molecule has 2 aromatic heterocycles. The number of aromatic nitrogens is 2. The van der Waals surface area contributed by atoms with E-state index in [1.807, 2.05) is 86.5 Å². The summed E-state index contributed by atoms with van der Waals surface area (Å²) in [6.45, 7) is 11.0. The van der Waals surface area contributed by atoms with E-state index in [1.54, 1.807) is 36.5 Å². The Bertz CT molecular complexity index is 1690. The first kappa shape index (κ1) is 41.0. The summed E-state index contributed by atoms with van der Waals surface area (Å²) in [5.74, 6) is -0.642. The minimum atomic E-state index is -0.326. The normalized spacial score (nSPS) is 9.80. The first-order chi connectivity index (χ1) is 23.3. The summed E-state index contributed by atoms with van der Waals surface area (Å²) >= 11 is 7.39. The van der Waals surface area contributed by atoms with Crippen LogP contribution in [0.5, 0.6) is 0 Å². The molecule has 0 unspecified atom stereocenters. The third kappa shape index (κ3) is 12.4. The topological polar surface area (TPSA) is 92.5 Å². The van der Waals surface area contributed by atoms with E-state index >= 15 is 0 Å². The maximum atomic E-state index is 12.0. The van der Waals surface area contributed by atoms with E-state index in [0.717, 1.165) is 11.4 Å². The molecule has 0 saturated heterocycles. The van der Waals surface area contributed by atoms with Gasteiger partial charge >= 0.3 is 27.5 Å². The van der Waals surface area contributed by atoms with Crippen LogP contribution in [0, 0.1) is 34.6 Å². The number of hydrogen-bond donors (Lipinski definition) is 1. The van der Waals surface area contributed by atoms with Crippen molar-refractivity contribution in [1.29, 1.82) is 0 Å². The molecule has 11 heteroatoms. The fourth-order valence-electron chi connectivity index (χ4n) is 4.48. The molecule has 0 aliphatic heterocycles. The predicted octanol–water partition coefficient (Wildman–Crippen LogP) is 9.68. The van der Waals surface area contributed by atoms with Crippen molar-refractivity contribution in [3.05, 3.63) is 141 Å². The van der Waals surface area contributed by atoms with E-state index in [4.69, 9.17) is 11.6 Å². The van der Waals surface area contributed by atoms with Gasteiger partial charge in [-0.05, 0) is 60.7 Å². The summed E-state index contributed by atoms with van der Waals surface area (Å²) in [5, 5.41) is 7.11. The van der Waals surface area contributed by atoms with E-state index in [-0.39, 0.29) is 17.5 Å². The molecule has 0 radical (unpaired) electrons. The summed E-state index contributed by atoms with van der Waals surface area (Å²) in [4.78, 5) is 35.7. The van der Waals surface area contributed by atoms with Gasteiger partial charge in [0.1, 0.15) is 11.6 Å². The van der Waals surface area contributed by atoms with E-state index in [1.165, 1.54) is 51.9 Å². The van der Waals surface area contributed by atoms with Gasteiger partial charge in [-0.2, -0.15) is 27.8 Å². The Balaban J connectivity index is 0.000000260. The van der Waals surface area contributed by atoms with Gasteiger partial charge in [0.2, 0.25) is 0 Å². The Morgan fingerprint density at radius 3 is 1.67 bits per heavy atom. The van der Waals surface area contributed by atoms with Gasteiger partial charge in [0.05, 0.1) is 10.7 Å². The monoisotopic (exact) mass is 878 g/mol. The van der Waals surface area contributed by atoms with Crippen molar-refractivity contribution in [3.8, 4) is 0 Å². The van der Waals surface area contributed by atoms with Gasteiger partial charge in [-0.1, -0.05) is 64.4 Å². The fourth-order valence-corrected chi connectivity index (χ4v) is 4.69. The van der Waals surface area contributed by atoms with Crippen molar-refractivity contribution in [1.82, 2.24) is 9.97 Å². The summed E-state index contributed by atoms with van der Waals surface area (Å²) in [6.07, 6.45) is 3.12. The maximum absolute atomic E-state index is 12.0. The third-order valence-corrected chi connectivity index (χ3v) is 8.21. The average Bonchev–Trinajstić information content (AvgIpc) is 3.28. The Morgan fingerprint density at radius 1 is 0.735 bits per heavy atom. The van der Waals surface area contributed by atoms with Crippen molar-refractivity contribution in [3.63, 3.8) is 0 Å². The number of halogens is 2. The third-order valence-electron chi connectivity index (χ3n) is 7.91. The van der Waals surface area contributed by atoms with Gasteiger partial charge in [0, 0.05) is 57.6 Å². The van der Waals surface area contributed by atoms with E-state index in [9.17, 15) is 9.59 Å². The molecule has 49 heavy (non-hydrogen) atoms. The first-order valence-electron chi connectivity index (χ1n) is 15.3. The van der Waals surface area contributed by atoms with E-state index in [2.05, 4.69) is 64.8 Å². The summed E-state index contributed by atoms with van der Waals surface area (Å²) in [5.41, 5.74) is 11.4. The van der Waals surface area contributed by atoms with Crippen molar-refractivity contribution < 1.29 is 27.5 Å². The van der Waals surface area contributed by atoms with Gasteiger partial charge in [-0.15, -0.1) is 5.69 Å². The van der Waals surface area contributed by atoms with Crippen molar-refractivity contribution in [2.24, 2.45) is 0 Å². The second-order valence-corrected chi connectivity index (χ2v) is 11.8. The predicted molar refractivity (Wildman–Crippen MR) is 202 cm³/mol. The molecular weight excluding hydrogens is 836 g/mol. The molecule has 0 bridgehead atoms. The number of rotatable bonds is 6. The number of nitrogens with one attached hydrogen (secondary N) is 1. The van der Waals surface area contributed by atoms with Crippen LogP contribution in [0.4, 0.5) is 22.7 Å². The van der Waals surface area contributed by atoms with Crippen molar-refractivity contribution >= 4 is 55.7 Å². The zero-order chi connectivity index (χ0) is 36.7. The van der Waals surface area contributed by atoms with E-state index in [0.29, 0.717) is 22.1 Å². The van der Waals surface area contributed by atoms with Gasteiger partial charge < -0.3 is 25.2 Å². The Labute approximate surface area is 310 Å². The molecule has 0 fully saturated rings. The zero-order valence-electron chi connectivity index (χ0n) is 29.3. The molecular formula is C38H43Cl2IrN6O2. The first-order valence-corrected chi connectivity index (χ1v) is 18.6. The Morgan fingerprint density at radius 2 is 1.24 bits per heavy atom. The Kier molecular flexibility index (Phi) is 17.1. The number of anilines is 3. The van der Waals surface area contributed by atoms with Crippen LogP contribution < -0.4 is 15.1 Å². The number of amides is 2. The molecule has 1 N–H and O–H groups in total. The molecule has 0 atom stereocenters. The molecule has 8 nitrogen and oxygen atoms in total. The van der Waals surface area contributed by atoms with Gasteiger partial charge in [-0.25, -0.2) is 4.98 Å². The summed E-state index contributed by atoms with van der Waals surface area (Å²) in [7, 11) is 12.5. The summed E-state index contributed by atoms with van der Waals surface area (Å²) < 4.78 is 0. The van der Waals surface area contributed by atoms with Crippen LogP contribution in [0.3, 0.4) is 0 Å². The van der Waals surface area contributed by atoms with Gasteiger partial charge in [0.25, 0.3) is 5.91 Å². The molecule has 5 rings (SSSR count). The molecule has 3 aromatic carbocycles. The number of carbonyl (C=O) groups excluding carboxylic acids is 2. The molecule has 0 saturated carbocycles. The van der Waals surface area contributed by atoms with Crippen LogP contribution in [-0.2, 0) is 17.9 Å². The van der Waals surface area contributed by atoms with Gasteiger partial charge in [-0.3, -0.25) is 9.78 Å². The molecule has 0 aliphatic carbocycles. The summed E-state index contributed by atoms with van der Waals surface area (Å²) in [6, 6.07) is 23.5. The van der Waals surface area contributed by atoms with Crippen LogP contribution in [0.1, 0.15) is 48.8 Å². The number of benzene rings is 2.